The van der Waals surface area contributed by atoms with Crippen LogP contribution in [0.25, 0.3) is 6.08 Å². The van der Waals surface area contributed by atoms with Gasteiger partial charge in [0, 0.05) is 6.92 Å². The van der Waals surface area contributed by atoms with Crippen LogP contribution in [-0.2, 0) is 29.6 Å². The summed E-state index contributed by atoms with van der Waals surface area (Å²) in [5, 5.41) is 0. The molecule has 0 spiro atoms. The maximum Gasteiger partial charge on any atom is 0.290 e. The van der Waals surface area contributed by atoms with Gasteiger partial charge in [0.15, 0.2) is 0 Å². The van der Waals surface area contributed by atoms with Crippen molar-refractivity contribution < 1.29 is 22.1 Å². The Morgan fingerprint density at radius 2 is 2.05 bits per heavy atom. The minimum Gasteiger partial charge on any atom is -0.452 e. The average Bonchev–Trinajstić information content (AvgIpc) is 2.84. The van der Waals surface area contributed by atoms with Crippen LogP contribution < -0.4 is 0 Å². The molecule has 2 heterocycles. The number of ether oxygens (including phenoxy) is 2. The van der Waals surface area contributed by atoms with Crippen LogP contribution >= 0.6 is 0 Å². The van der Waals surface area contributed by atoms with Crippen LogP contribution in [0.2, 0.25) is 0 Å². The lowest BCUT2D eigenvalue weighted by Gasteiger charge is -2.22. The second-order valence-electron chi connectivity index (χ2n) is 4.86. The van der Waals surface area contributed by atoms with Gasteiger partial charge in [0.05, 0.1) is 18.6 Å². The van der Waals surface area contributed by atoms with Crippen LogP contribution in [0, 0.1) is 0 Å². The molecule has 1 aliphatic rings. The highest BCUT2D eigenvalue weighted by Gasteiger charge is 2.33. The molecule has 0 atom stereocenters. The van der Waals surface area contributed by atoms with E-state index in [-0.39, 0.29) is 6.61 Å². The molecule has 114 valence electrons. The fourth-order valence-corrected chi connectivity index (χ4v) is 2.14. The van der Waals surface area contributed by atoms with E-state index in [2.05, 4.69) is 4.98 Å². The van der Waals surface area contributed by atoms with E-state index in [0.29, 0.717) is 11.4 Å². The van der Waals surface area contributed by atoms with E-state index in [9.17, 15) is 8.42 Å². The molecule has 0 N–H and O–H groups in total. The van der Waals surface area contributed by atoms with Crippen molar-refractivity contribution in [3.8, 4) is 0 Å². The maximum atomic E-state index is 11.0. The van der Waals surface area contributed by atoms with Crippen molar-refractivity contribution in [3.05, 3.63) is 47.7 Å². The largest absolute Gasteiger partial charge is 0.452 e. The second-order valence-corrected chi connectivity index (χ2v) is 6.50. The first-order valence-electron chi connectivity index (χ1n) is 6.28. The van der Waals surface area contributed by atoms with Crippen LogP contribution in [0.4, 0.5) is 0 Å². The Balaban J connectivity index is 2.14. The molecule has 0 radical (unpaired) electrons. The zero-order valence-corrected chi connectivity index (χ0v) is 12.9. The fourth-order valence-electron chi connectivity index (χ4n) is 1.74. The van der Waals surface area contributed by atoms with E-state index < -0.39 is 15.9 Å². The first kappa shape index (κ1) is 15.5. The van der Waals surface area contributed by atoms with Gasteiger partial charge in [-0.05, 0) is 30.7 Å². The van der Waals surface area contributed by atoms with Crippen molar-refractivity contribution in [1.29, 1.82) is 0 Å². The number of aromatic nitrogens is 1. The number of hydrogen-bond donors (Lipinski definition) is 0. The van der Waals surface area contributed by atoms with E-state index in [0.717, 1.165) is 11.8 Å². The van der Waals surface area contributed by atoms with Gasteiger partial charge >= 0.3 is 0 Å². The van der Waals surface area contributed by atoms with E-state index in [1.807, 2.05) is 6.07 Å². The highest BCUT2D eigenvalue weighted by Crippen LogP contribution is 2.30. The molecule has 21 heavy (non-hydrogen) atoms. The van der Waals surface area contributed by atoms with Crippen LogP contribution in [0.1, 0.15) is 25.2 Å². The van der Waals surface area contributed by atoms with Gasteiger partial charge in [-0.25, -0.2) is 4.98 Å². The Hall–Kier alpha value is -1.86. The lowest BCUT2D eigenvalue weighted by molar-refractivity contribution is -0.136. The first-order valence-corrected chi connectivity index (χ1v) is 8.10. The summed E-state index contributed by atoms with van der Waals surface area (Å²) in [6, 6.07) is 5.43. The van der Waals surface area contributed by atoms with Gasteiger partial charge in [0.2, 0.25) is 0 Å². The van der Waals surface area contributed by atoms with Crippen LogP contribution in [0.15, 0.2) is 36.3 Å². The minimum atomic E-state index is -3.45. The van der Waals surface area contributed by atoms with Crippen molar-refractivity contribution in [2.45, 2.75) is 19.6 Å². The summed E-state index contributed by atoms with van der Waals surface area (Å²) in [6.07, 6.45) is 5.70. The molecule has 0 aliphatic carbocycles. The Morgan fingerprint density at radius 1 is 1.38 bits per heavy atom. The molecule has 6 nitrogen and oxygen atoms in total. The SMILES string of the molecule is CC(=Cc1cccc(C2(C)OC=CO2)n1)COS(C)(=O)=O. The molecule has 0 amide bonds. The molecule has 0 aromatic carbocycles. The molecular weight excluding hydrogens is 294 g/mol. The van der Waals surface area contributed by atoms with Crippen LogP contribution in [0.3, 0.4) is 0 Å². The predicted octanol–water partition coefficient (Wildman–Crippen LogP) is 2.15. The summed E-state index contributed by atoms with van der Waals surface area (Å²) < 4.78 is 37.4. The molecule has 1 aromatic heterocycles. The monoisotopic (exact) mass is 311 g/mol. The number of hydrogen-bond acceptors (Lipinski definition) is 6. The summed E-state index contributed by atoms with van der Waals surface area (Å²) in [5.41, 5.74) is 2.03. The third-order valence-electron chi connectivity index (χ3n) is 2.77. The number of rotatable bonds is 5. The third kappa shape index (κ3) is 4.30. The van der Waals surface area contributed by atoms with E-state index >= 15 is 0 Å². The molecule has 7 heteroatoms. The highest BCUT2D eigenvalue weighted by molar-refractivity contribution is 7.85. The quantitative estimate of drug-likeness (QED) is 0.776. The third-order valence-corrected chi connectivity index (χ3v) is 3.32. The molecule has 0 saturated heterocycles. The van der Waals surface area contributed by atoms with Gasteiger partial charge < -0.3 is 9.47 Å². The maximum absolute atomic E-state index is 11.0. The van der Waals surface area contributed by atoms with Crippen molar-refractivity contribution in [3.63, 3.8) is 0 Å². The first-order chi connectivity index (χ1) is 9.78. The van der Waals surface area contributed by atoms with Gasteiger partial charge in [0.1, 0.15) is 18.2 Å². The smallest absolute Gasteiger partial charge is 0.290 e. The summed E-state index contributed by atoms with van der Waals surface area (Å²) in [4.78, 5) is 4.44. The van der Waals surface area contributed by atoms with Crippen LogP contribution in [-0.4, -0.2) is 26.3 Å². The predicted molar refractivity (Wildman–Crippen MR) is 77.3 cm³/mol. The van der Waals surface area contributed by atoms with Crippen molar-refractivity contribution in [2.24, 2.45) is 0 Å². The van der Waals surface area contributed by atoms with Gasteiger partial charge in [-0.15, -0.1) is 0 Å². The summed E-state index contributed by atoms with van der Waals surface area (Å²) in [5.74, 6) is -0.930. The molecule has 1 aliphatic heterocycles. The Bertz CT molecular complexity index is 670. The summed E-state index contributed by atoms with van der Waals surface area (Å²) in [7, 11) is -3.45. The van der Waals surface area contributed by atoms with Gasteiger partial charge in [-0.2, -0.15) is 8.42 Å². The molecule has 0 unspecified atom stereocenters. The van der Waals surface area contributed by atoms with Crippen molar-refractivity contribution in [2.75, 3.05) is 12.9 Å². The lowest BCUT2D eigenvalue weighted by atomic mass is 10.1. The van der Waals surface area contributed by atoms with Crippen molar-refractivity contribution in [1.82, 2.24) is 4.98 Å². The molecule has 0 fully saturated rings. The highest BCUT2D eigenvalue weighted by atomic mass is 32.2. The lowest BCUT2D eigenvalue weighted by Crippen LogP contribution is -2.23. The standard InChI is InChI=1S/C14H17NO5S/c1-11(10-20-21(3,16)17)9-12-5-4-6-13(15-12)14(2)18-7-8-19-14/h4-9H,10H2,1-3H3. The Labute approximate surface area is 124 Å². The Morgan fingerprint density at radius 3 is 2.67 bits per heavy atom. The molecular formula is C14H17NO5S. The Kier molecular flexibility index (Phi) is 4.34. The number of nitrogens with zero attached hydrogens (tertiary/aromatic N) is 1. The van der Waals surface area contributed by atoms with E-state index in [1.165, 1.54) is 12.5 Å². The van der Waals surface area contributed by atoms with Crippen LogP contribution in [0.5, 0.6) is 0 Å². The molecule has 0 saturated carbocycles. The zero-order chi connectivity index (χ0) is 15.5. The summed E-state index contributed by atoms with van der Waals surface area (Å²) in [6.45, 7) is 3.53. The van der Waals surface area contributed by atoms with Gasteiger partial charge in [-0.1, -0.05) is 6.07 Å². The topological polar surface area (TPSA) is 74.7 Å². The van der Waals surface area contributed by atoms with E-state index in [1.54, 1.807) is 32.1 Å². The summed E-state index contributed by atoms with van der Waals surface area (Å²) >= 11 is 0. The molecule has 2 rings (SSSR count). The number of pyridine rings is 1. The normalized spacial score (nSPS) is 17.4. The zero-order valence-electron chi connectivity index (χ0n) is 12.1. The second kappa shape index (κ2) is 5.87. The van der Waals surface area contributed by atoms with E-state index in [4.69, 9.17) is 13.7 Å². The van der Waals surface area contributed by atoms with Crippen molar-refractivity contribution >= 4 is 16.2 Å². The molecule has 1 aromatic rings. The molecule has 0 bridgehead atoms. The minimum absolute atomic E-state index is 0.00341. The van der Waals surface area contributed by atoms with Gasteiger partial charge in [0.25, 0.3) is 15.9 Å². The average molecular weight is 311 g/mol. The fraction of sp³-hybridized carbons (Fsp3) is 0.357. The van der Waals surface area contributed by atoms with Gasteiger partial charge in [-0.3, -0.25) is 4.18 Å².